The van der Waals surface area contributed by atoms with Crippen molar-refractivity contribution < 1.29 is 9.90 Å². The van der Waals surface area contributed by atoms with Gasteiger partial charge in [0, 0.05) is 36.5 Å². The van der Waals surface area contributed by atoms with Crippen molar-refractivity contribution in [2.75, 3.05) is 12.8 Å². The lowest BCUT2D eigenvalue weighted by Gasteiger charge is -2.12. The van der Waals surface area contributed by atoms with Gasteiger partial charge in [-0.2, -0.15) is 0 Å². The van der Waals surface area contributed by atoms with Gasteiger partial charge < -0.3 is 15.0 Å². The number of hydrogen-bond acceptors (Lipinski definition) is 3. The van der Waals surface area contributed by atoms with Gasteiger partial charge in [-0.05, 0) is 48.6 Å². The molecule has 0 aliphatic heterocycles. The molecule has 0 fully saturated rings. The average Bonchev–Trinajstić information content (AvgIpc) is 2.99. The van der Waals surface area contributed by atoms with Crippen LogP contribution in [0.5, 0.6) is 0 Å². The molecule has 1 aromatic heterocycles. The molecule has 1 heterocycles. The van der Waals surface area contributed by atoms with E-state index in [1.807, 2.05) is 60.5 Å². The van der Waals surface area contributed by atoms with Gasteiger partial charge in [0.2, 0.25) is 5.91 Å². The molecule has 5 heteroatoms. The Balaban J connectivity index is 1.76. The lowest BCUT2D eigenvalue weighted by Crippen LogP contribution is -2.23. The molecular weight excluding hydrogens is 308 g/mol. The summed E-state index contributed by atoms with van der Waals surface area (Å²) < 4.78 is 1.88. The highest BCUT2D eigenvalue weighted by atomic mass is 32.2. The highest BCUT2D eigenvalue weighted by molar-refractivity contribution is 7.98. The Kier molecular flexibility index (Phi) is 6.50. The van der Waals surface area contributed by atoms with Crippen molar-refractivity contribution in [3.63, 3.8) is 0 Å². The summed E-state index contributed by atoms with van der Waals surface area (Å²) in [5.74, 6) is -0.155. The Morgan fingerprint density at radius 1 is 1.35 bits per heavy atom. The Morgan fingerprint density at radius 3 is 2.70 bits per heavy atom. The minimum atomic E-state index is -0.571. The molecule has 0 spiro atoms. The number of carbonyl (C=O) groups excluding carboxylic acids is 1. The molecule has 2 aromatic rings. The molecule has 0 saturated carbocycles. The fourth-order valence-corrected chi connectivity index (χ4v) is 2.65. The van der Waals surface area contributed by atoms with E-state index >= 15 is 0 Å². The van der Waals surface area contributed by atoms with Crippen molar-refractivity contribution in [3.05, 3.63) is 59.9 Å². The van der Waals surface area contributed by atoms with Gasteiger partial charge in [-0.15, -0.1) is 11.8 Å². The molecule has 4 nitrogen and oxygen atoms in total. The van der Waals surface area contributed by atoms with Crippen molar-refractivity contribution in [2.24, 2.45) is 7.05 Å². The molecule has 2 N–H and O–H groups in total. The summed E-state index contributed by atoms with van der Waals surface area (Å²) >= 11 is 1.69. The summed E-state index contributed by atoms with van der Waals surface area (Å²) in [6.45, 7) is 0.431. The maximum absolute atomic E-state index is 11.8. The number of nitrogens with zero attached hydrogens (tertiary/aromatic N) is 1. The molecule has 0 radical (unpaired) electrons. The first kappa shape index (κ1) is 17.4. The van der Waals surface area contributed by atoms with Crippen LogP contribution in [0.4, 0.5) is 0 Å². The molecule has 0 saturated heterocycles. The van der Waals surface area contributed by atoms with Crippen molar-refractivity contribution in [1.29, 1.82) is 0 Å². The number of benzene rings is 1. The lowest BCUT2D eigenvalue weighted by molar-refractivity contribution is -0.116. The average molecular weight is 330 g/mol. The zero-order chi connectivity index (χ0) is 16.7. The first-order chi connectivity index (χ1) is 11.1. The fourth-order valence-electron chi connectivity index (χ4n) is 2.25. The topological polar surface area (TPSA) is 54.3 Å². The first-order valence-corrected chi connectivity index (χ1v) is 8.72. The van der Waals surface area contributed by atoms with E-state index in [0.717, 1.165) is 11.3 Å². The number of carbonyl (C=O) groups is 1. The zero-order valence-electron chi connectivity index (χ0n) is 13.4. The Bertz CT molecular complexity index is 662. The molecule has 23 heavy (non-hydrogen) atoms. The van der Waals surface area contributed by atoms with Gasteiger partial charge >= 0.3 is 0 Å². The quantitative estimate of drug-likeness (QED) is 0.606. The van der Waals surface area contributed by atoms with Gasteiger partial charge in [-0.1, -0.05) is 12.1 Å². The second-order valence-electron chi connectivity index (χ2n) is 5.25. The summed E-state index contributed by atoms with van der Waals surface area (Å²) in [7, 11) is 1.89. The second kappa shape index (κ2) is 8.60. The number of aromatic nitrogens is 1. The van der Waals surface area contributed by atoms with E-state index in [1.165, 1.54) is 11.0 Å². The smallest absolute Gasteiger partial charge is 0.244 e. The monoisotopic (exact) mass is 330 g/mol. The van der Waals surface area contributed by atoms with Gasteiger partial charge in [0.1, 0.15) is 0 Å². The molecule has 0 bridgehead atoms. The summed E-state index contributed by atoms with van der Waals surface area (Å²) in [4.78, 5) is 13.0. The van der Waals surface area contributed by atoms with Gasteiger partial charge in [0.15, 0.2) is 0 Å². The third kappa shape index (κ3) is 5.30. The zero-order valence-corrected chi connectivity index (χ0v) is 14.2. The number of aryl methyl sites for hydroxylation is 1. The van der Waals surface area contributed by atoms with E-state index < -0.39 is 6.10 Å². The normalized spacial score (nSPS) is 12.5. The molecule has 0 unspecified atom stereocenters. The molecule has 1 aromatic carbocycles. The Labute approximate surface area is 141 Å². The van der Waals surface area contributed by atoms with Crippen molar-refractivity contribution >= 4 is 23.7 Å². The number of aliphatic hydroxyl groups is 1. The minimum Gasteiger partial charge on any atom is -0.387 e. The van der Waals surface area contributed by atoms with Gasteiger partial charge in [0.05, 0.1) is 6.10 Å². The Hall–Kier alpha value is -1.98. The van der Waals surface area contributed by atoms with Crippen molar-refractivity contribution in [1.82, 2.24) is 9.88 Å². The predicted molar refractivity (Wildman–Crippen MR) is 95.3 cm³/mol. The number of rotatable bonds is 7. The van der Waals surface area contributed by atoms with Gasteiger partial charge in [-0.3, -0.25) is 4.79 Å². The van der Waals surface area contributed by atoms with Crippen LogP contribution in [0.1, 0.15) is 23.8 Å². The third-order valence-electron chi connectivity index (χ3n) is 3.59. The largest absolute Gasteiger partial charge is 0.387 e. The molecular formula is C18H22N2O2S. The number of hydrogen-bond donors (Lipinski definition) is 2. The number of nitrogens with one attached hydrogen (secondary N) is 1. The van der Waals surface area contributed by atoms with E-state index in [0.29, 0.717) is 13.0 Å². The lowest BCUT2D eigenvalue weighted by atomic mass is 10.2. The molecule has 122 valence electrons. The van der Waals surface area contributed by atoms with Crippen LogP contribution in [0, 0.1) is 0 Å². The number of thioether (sulfide) groups is 1. The molecule has 2 rings (SSSR count). The molecule has 1 atom stereocenters. The van der Waals surface area contributed by atoms with Crippen LogP contribution >= 0.6 is 11.8 Å². The standard InChI is InChI=1S/C18H22N2O2S/c1-20-13-3-4-16(20)17(21)11-12-19-18(22)10-7-14-5-8-15(23-2)9-6-14/h3-10,13,17,21H,11-12H2,1-2H3,(H,19,22)/b10-7+/t17-/m0/s1. The van der Waals surface area contributed by atoms with E-state index in [-0.39, 0.29) is 5.91 Å². The van der Waals surface area contributed by atoms with Crippen LogP contribution in [0.3, 0.4) is 0 Å². The van der Waals surface area contributed by atoms with Gasteiger partial charge in [0.25, 0.3) is 0 Å². The van der Waals surface area contributed by atoms with Crippen molar-refractivity contribution in [3.8, 4) is 0 Å². The van der Waals surface area contributed by atoms with Crippen LogP contribution in [0.15, 0.2) is 53.6 Å². The Morgan fingerprint density at radius 2 is 2.09 bits per heavy atom. The summed E-state index contributed by atoms with van der Waals surface area (Å²) in [6, 6.07) is 11.8. The summed E-state index contributed by atoms with van der Waals surface area (Å²) in [5, 5.41) is 12.9. The number of aliphatic hydroxyl groups excluding tert-OH is 1. The summed E-state index contributed by atoms with van der Waals surface area (Å²) in [6.07, 6.45) is 7.14. The van der Waals surface area contributed by atoms with Crippen molar-refractivity contribution in [2.45, 2.75) is 17.4 Å². The maximum Gasteiger partial charge on any atom is 0.244 e. The molecule has 0 aliphatic carbocycles. The van der Waals surface area contributed by atoms with Crippen LogP contribution in [0.25, 0.3) is 6.08 Å². The van der Waals surface area contributed by atoms with Crippen LogP contribution in [-0.4, -0.2) is 28.4 Å². The molecule has 1 amide bonds. The number of amides is 1. The highest BCUT2D eigenvalue weighted by Gasteiger charge is 2.10. The van der Waals surface area contributed by atoms with Gasteiger partial charge in [-0.25, -0.2) is 0 Å². The SMILES string of the molecule is CSc1ccc(/C=C/C(=O)NCC[C@H](O)c2cccn2C)cc1. The highest BCUT2D eigenvalue weighted by Crippen LogP contribution is 2.16. The second-order valence-corrected chi connectivity index (χ2v) is 6.13. The molecule has 0 aliphatic rings. The van der Waals surface area contributed by atoms with E-state index in [4.69, 9.17) is 0 Å². The first-order valence-electron chi connectivity index (χ1n) is 7.49. The van der Waals surface area contributed by atoms with Crippen LogP contribution < -0.4 is 5.32 Å². The van der Waals surface area contributed by atoms with Crippen LogP contribution in [-0.2, 0) is 11.8 Å². The van der Waals surface area contributed by atoms with E-state index in [2.05, 4.69) is 5.32 Å². The van der Waals surface area contributed by atoms with E-state index in [1.54, 1.807) is 17.8 Å². The summed E-state index contributed by atoms with van der Waals surface area (Å²) in [5.41, 5.74) is 1.84. The fraction of sp³-hybridized carbons (Fsp3) is 0.278. The minimum absolute atomic E-state index is 0.155. The third-order valence-corrected chi connectivity index (χ3v) is 4.33. The predicted octanol–water partition coefficient (Wildman–Crippen LogP) is 3.00. The van der Waals surface area contributed by atoms with Crippen LogP contribution in [0.2, 0.25) is 0 Å². The maximum atomic E-state index is 11.8. The van der Waals surface area contributed by atoms with E-state index in [9.17, 15) is 9.90 Å².